The Morgan fingerprint density at radius 1 is 0.623 bits per heavy atom. The van der Waals surface area contributed by atoms with E-state index < -0.39 is 11.8 Å². The number of likely N-dealkylation sites (N-methyl/N-ethyl adjacent to an activating group) is 1. The van der Waals surface area contributed by atoms with E-state index in [0.29, 0.717) is 66.3 Å². The van der Waals surface area contributed by atoms with Gasteiger partial charge in [-0.15, -0.1) is 0 Å². The minimum atomic E-state index is -0.554. The fraction of sp³-hybridized carbons (Fsp3) is 0.375. The number of rotatable bonds is 16. The monoisotopic (exact) mass is 718 g/mol. The third-order valence-electron chi connectivity index (χ3n) is 9.45. The molecule has 0 radical (unpaired) electrons. The van der Waals surface area contributed by atoms with Gasteiger partial charge in [0.1, 0.15) is 60.1 Å². The Balaban J connectivity index is 1.10. The molecule has 53 heavy (non-hydrogen) atoms. The molecule has 0 aliphatic carbocycles. The fourth-order valence-electron chi connectivity index (χ4n) is 6.69. The molecule has 7 rings (SSSR count). The van der Waals surface area contributed by atoms with Crippen molar-refractivity contribution < 1.29 is 23.8 Å². The summed E-state index contributed by atoms with van der Waals surface area (Å²) in [7, 11) is 1.82. The summed E-state index contributed by atoms with van der Waals surface area (Å²) in [6.45, 7) is 7.91. The lowest BCUT2D eigenvalue weighted by Crippen LogP contribution is -2.25. The SMILES string of the molecule is CNCCOc1cc(C(=O)Nc2cc(OCCN3CCCC3)c3ccccc3n2)nc(C(=O)Nc2cc(OCCN3CCCC3)c3ccccc3n2)c1. The lowest BCUT2D eigenvalue weighted by atomic mass is 10.2. The van der Waals surface area contributed by atoms with Crippen LogP contribution < -0.4 is 30.2 Å². The zero-order valence-corrected chi connectivity index (χ0v) is 30.1. The smallest absolute Gasteiger partial charge is 0.275 e. The van der Waals surface area contributed by atoms with Crippen LogP contribution in [0.2, 0.25) is 0 Å². The van der Waals surface area contributed by atoms with E-state index in [-0.39, 0.29) is 11.4 Å². The van der Waals surface area contributed by atoms with Crippen molar-refractivity contribution in [3.05, 3.63) is 84.2 Å². The number of benzene rings is 2. The van der Waals surface area contributed by atoms with E-state index in [1.165, 1.54) is 37.8 Å². The van der Waals surface area contributed by atoms with Crippen molar-refractivity contribution in [1.29, 1.82) is 0 Å². The summed E-state index contributed by atoms with van der Waals surface area (Å²) in [5.41, 5.74) is 1.34. The minimum absolute atomic E-state index is 0.0130. The van der Waals surface area contributed by atoms with Crippen molar-refractivity contribution in [3.63, 3.8) is 0 Å². The molecule has 5 heterocycles. The van der Waals surface area contributed by atoms with Gasteiger partial charge in [0.15, 0.2) is 0 Å². The zero-order valence-electron chi connectivity index (χ0n) is 30.1. The Morgan fingerprint density at radius 2 is 1.09 bits per heavy atom. The zero-order chi connectivity index (χ0) is 36.4. The maximum absolute atomic E-state index is 13.8. The Hall–Kier alpha value is -5.37. The standard InChI is InChI=1S/C40H46N8O5/c1-41-14-21-51-28-24-33(39(49)45-37-26-35(29-10-2-4-12-31(29)43-37)52-22-19-47-15-6-7-16-47)42-34(25-28)40(50)46-38-27-36(30-11-3-5-13-32(30)44-38)53-23-20-48-17-8-9-18-48/h2-5,10-13,24-27,41H,6-9,14-23H2,1H3,(H,43,45,49)(H,44,46,50). The molecule has 2 aliphatic rings. The molecule has 0 unspecified atom stereocenters. The van der Waals surface area contributed by atoms with E-state index in [4.69, 9.17) is 14.2 Å². The second kappa shape index (κ2) is 17.4. The van der Waals surface area contributed by atoms with Gasteiger partial charge in [0.25, 0.3) is 11.8 Å². The number of anilines is 2. The molecule has 2 amide bonds. The van der Waals surface area contributed by atoms with Gasteiger partial charge < -0.3 is 30.2 Å². The van der Waals surface area contributed by atoms with E-state index in [2.05, 4.69) is 40.7 Å². The van der Waals surface area contributed by atoms with E-state index >= 15 is 0 Å². The molecule has 3 N–H and O–H groups in total. The predicted molar refractivity (Wildman–Crippen MR) is 205 cm³/mol. The van der Waals surface area contributed by atoms with E-state index in [1.54, 1.807) is 12.1 Å². The molecule has 2 aliphatic heterocycles. The van der Waals surface area contributed by atoms with Crippen molar-refractivity contribution >= 4 is 45.3 Å². The van der Waals surface area contributed by atoms with Crippen LogP contribution in [0.1, 0.15) is 46.7 Å². The van der Waals surface area contributed by atoms with E-state index in [9.17, 15) is 9.59 Å². The molecule has 0 spiro atoms. The number of para-hydroxylation sites is 2. The topological polar surface area (TPSA) is 143 Å². The average Bonchev–Trinajstić information content (AvgIpc) is 3.90. The average molecular weight is 719 g/mol. The second-order valence-electron chi connectivity index (χ2n) is 13.3. The number of likely N-dealkylation sites (tertiary alicyclic amines) is 2. The van der Waals surface area contributed by atoms with Gasteiger partial charge in [-0.2, -0.15) is 0 Å². The molecule has 2 fully saturated rings. The summed E-state index contributed by atoms with van der Waals surface area (Å²) in [5, 5.41) is 10.5. The van der Waals surface area contributed by atoms with Crippen LogP contribution in [0.3, 0.4) is 0 Å². The molecule has 3 aromatic heterocycles. The van der Waals surface area contributed by atoms with Crippen LogP contribution in [0, 0.1) is 0 Å². The maximum Gasteiger partial charge on any atom is 0.275 e. The quantitative estimate of drug-likeness (QED) is 0.116. The highest BCUT2D eigenvalue weighted by Gasteiger charge is 2.20. The van der Waals surface area contributed by atoms with E-state index in [1.807, 2.05) is 55.6 Å². The van der Waals surface area contributed by atoms with Crippen LogP contribution in [0.25, 0.3) is 21.8 Å². The number of nitrogens with one attached hydrogen (secondary N) is 3. The van der Waals surface area contributed by atoms with Gasteiger partial charge in [0.05, 0.1) is 11.0 Å². The van der Waals surface area contributed by atoms with Gasteiger partial charge >= 0.3 is 0 Å². The Kier molecular flexibility index (Phi) is 11.8. The first-order valence-electron chi connectivity index (χ1n) is 18.4. The highest BCUT2D eigenvalue weighted by atomic mass is 16.5. The van der Waals surface area contributed by atoms with Crippen LogP contribution in [-0.4, -0.2) is 109 Å². The fourth-order valence-corrected chi connectivity index (χ4v) is 6.69. The summed E-state index contributed by atoms with van der Waals surface area (Å²) < 4.78 is 18.4. The van der Waals surface area contributed by atoms with Crippen molar-refractivity contribution in [2.75, 3.05) is 83.3 Å². The molecule has 0 bridgehead atoms. The molecule has 5 aromatic rings. The van der Waals surface area contributed by atoms with Crippen molar-refractivity contribution in [3.8, 4) is 17.2 Å². The van der Waals surface area contributed by atoms with Crippen LogP contribution >= 0.6 is 0 Å². The molecule has 0 atom stereocenters. The van der Waals surface area contributed by atoms with Crippen LogP contribution in [-0.2, 0) is 0 Å². The number of nitrogens with zero attached hydrogens (tertiary/aromatic N) is 5. The predicted octanol–water partition coefficient (Wildman–Crippen LogP) is 5.23. The Morgan fingerprint density at radius 3 is 1.57 bits per heavy atom. The summed E-state index contributed by atoms with van der Waals surface area (Å²) in [6.07, 6.45) is 4.84. The number of fused-ring (bicyclic) bond motifs is 2. The third-order valence-corrected chi connectivity index (χ3v) is 9.45. The number of amides is 2. The lowest BCUT2D eigenvalue weighted by molar-refractivity contribution is 0.101. The third kappa shape index (κ3) is 9.36. The first-order chi connectivity index (χ1) is 26.0. The second-order valence-corrected chi connectivity index (χ2v) is 13.3. The molecule has 2 aromatic carbocycles. The molecule has 0 saturated carbocycles. The molecule has 13 heteroatoms. The Bertz CT molecular complexity index is 1910. The van der Waals surface area contributed by atoms with Crippen LogP contribution in [0.15, 0.2) is 72.8 Å². The summed E-state index contributed by atoms with van der Waals surface area (Å²) in [4.78, 5) is 46.1. The van der Waals surface area contributed by atoms with Gasteiger partial charge in [-0.1, -0.05) is 24.3 Å². The summed E-state index contributed by atoms with van der Waals surface area (Å²) in [5.74, 6) is 1.07. The van der Waals surface area contributed by atoms with Gasteiger partial charge in [0.2, 0.25) is 0 Å². The lowest BCUT2D eigenvalue weighted by Gasteiger charge is -2.17. The minimum Gasteiger partial charge on any atom is -0.492 e. The largest absolute Gasteiger partial charge is 0.492 e. The highest BCUT2D eigenvalue weighted by molar-refractivity contribution is 6.07. The first kappa shape index (κ1) is 36.0. The summed E-state index contributed by atoms with van der Waals surface area (Å²) in [6, 6.07) is 21.8. The molecule has 13 nitrogen and oxygen atoms in total. The van der Waals surface area contributed by atoms with Gasteiger partial charge in [-0.25, -0.2) is 15.0 Å². The maximum atomic E-state index is 13.8. The van der Waals surface area contributed by atoms with Crippen molar-refractivity contribution in [1.82, 2.24) is 30.1 Å². The Labute approximate surface area is 309 Å². The molecular formula is C40H46N8O5. The number of hydrogen-bond donors (Lipinski definition) is 3. The van der Waals surface area contributed by atoms with Gasteiger partial charge in [0, 0.05) is 54.7 Å². The van der Waals surface area contributed by atoms with Crippen LogP contribution in [0.5, 0.6) is 17.2 Å². The highest BCUT2D eigenvalue weighted by Crippen LogP contribution is 2.30. The van der Waals surface area contributed by atoms with Crippen molar-refractivity contribution in [2.45, 2.75) is 25.7 Å². The summed E-state index contributed by atoms with van der Waals surface area (Å²) >= 11 is 0. The molecular weight excluding hydrogens is 672 g/mol. The van der Waals surface area contributed by atoms with E-state index in [0.717, 1.165) is 50.0 Å². The first-order valence-corrected chi connectivity index (χ1v) is 18.4. The van der Waals surface area contributed by atoms with Crippen LogP contribution in [0.4, 0.5) is 11.6 Å². The molecule has 276 valence electrons. The number of carbonyl (C=O) groups excluding carboxylic acids is 2. The number of hydrogen-bond acceptors (Lipinski definition) is 11. The normalized spacial score (nSPS) is 14.8. The van der Waals surface area contributed by atoms with Gasteiger partial charge in [-0.3, -0.25) is 19.4 Å². The number of aromatic nitrogens is 3. The van der Waals surface area contributed by atoms with Crippen molar-refractivity contribution in [2.24, 2.45) is 0 Å². The van der Waals surface area contributed by atoms with Gasteiger partial charge in [-0.05, 0) is 83.2 Å². The molecule has 2 saturated heterocycles. The number of pyridine rings is 3. The number of carbonyl (C=O) groups is 2. The number of ether oxygens (including phenoxy) is 3.